The van der Waals surface area contributed by atoms with Crippen molar-refractivity contribution in [1.29, 1.82) is 0 Å². The average molecular weight is 950 g/mol. The molecule has 0 spiro atoms. The summed E-state index contributed by atoms with van der Waals surface area (Å²) in [5.74, 6) is -5.75. The van der Waals surface area contributed by atoms with Crippen LogP contribution in [0, 0.1) is 37.0 Å². The number of hydrogen-bond donors (Lipinski definition) is 4. The van der Waals surface area contributed by atoms with E-state index in [-0.39, 0.29) is 79.4 Å². The number of halogens is 4. The standard InChI is InChI=1S/C17H20F2N4O3S2.C16H17F2N4O3S2.CH3.Y/c1-2-28(25,26)23-8-6-10(7-9-23)21-17-22-16(20)15(27-17)14(24)13-11(18)4-3-5-12(13)19;1-27(24,25)22-7-5-9(6-8-22)20-16-21-15(19)14(26-16)13(23)12-10(17)3-2-4-11(12)18;;/h3-5,10H,2,6-9,20H2,1H3,(H,21,22);2-4,9H,1,5-8,19H2,(H,20,21);1H3;/q;2*-1;. The van der Waals surface area contributed by atoms with Crippen LogP contribution in [0.4, 0.5) is 39.5 Å². The maximum atomic E-state index is 13.9. The Balaban J connectivity index is 0.000000295. The number of nitrogens with two attached hydrogens (primary N) is 2. The molecule has 2 aliphatic rings. The number of carbonyl (C=O) groups excluding carboxylic acids is 2. The van der Waals surface area contributed by atoms with Gasteiger partial charge in [-0.1, -0.05) is 34.8 Å². The van der Waals surface area contributed by atoms with E-state index in [1.54, 1.807) is 6.92 Å². The molecule has 0 saturated carbocycles. The van der Waals surface area contributed by atoms with Crippen molar-refractivity contribution in [3.63, 3.8) is 0 Å². The second kappa shape index (κ2) is 20.2. The Bertz CT molecular complexity index is 2240. The fraction of sp³-hybridized carbons (Fsp3) is 0.353. The third kappa shape index (κ3) is 11.8. The molecule has 0 bridgehead atoms. The molecule has 0 amide bonds. The minimum Gasteiger partial charge on any atom is -0.382 e. The van der Waals surface area contributed by atoms with Crippen molar-refractivity contribution in [2.24, 2.45) is 0 Å². The SMILES string of the molecule is CCS(=O)(=O)N1CCC(Nc2nc(N)c(C(=O)c3c(F)cccc3F)s2)CC1.[CH2-]S(=O)(=O)N1CCC(Nc2nc(N)c(C(=O)c3c(F)cccc3F)s2)CC1.[CH3-].[Y]. The van der Waals surface area contributed by atoms with E-state index >= 15 is 0 Å². The van der Waals surface area contributed by atoms with Crippen molar-refractivity contribution in [1.82, 2.24) is 18.6 Å². The van der Waals surface area contributed by atoms with Gasteiger partial charge in [0.15, 0.2) is 10.3 Å². The molecule has 2 aromatic carbocycles. The first-order valence-corrected chi connectivity index (χ1v) is 21.6. The number of piperidine rings is 2. The van der Waals surface area contributed by atoms with Gasteiger partial charge in [0.1, 0.15) is 44.7 Å². The molecule has 0 unspecified atom stereocenters. The topological polar surface area (TPSA) is 211 Å². The van der Waals surface area contributed by atoms with Crippen molar-refractivity contribution in [3.05, 3.63) is 94.2 Å². The van der Waals surface area contributed by atoms with Gasteiger partial charge in [0, 0.05) is 71.0 Å². The van der Waals surface area contributed by atoms with Crippen molar-refractivity contribution in [2.45, 2.75) is 44.7 Å². The molecule has 57 heavy (non-hydrogen) atoms. The molecule has 2 aromatic heterocycles. The van der Waals surface area contributed by atoms with Gasteiger partial charge in [-0.05, 0) is 56.9 Å². The molecule has 2 fully saturated rings. The molecule has 2 saturated heterocycles. The summed E-state index contributed by atoms with van der Waals surface area (Å²) in [4.78, 5) is 33.0. The van der Waals surface area contributed by atoms with Crippen LogP contribution in [-0.4, -0.2) is 91.0 Å². The number of sulfonamides is 2. The quantitative estimate of drug-likeness (QED) is 0.0876. The van der Waals surface area contributed by atoms with Crippen molar-refractivity contribution in [3.8, 4) is 0 Å². The van der Waals surface area contributed by atoms with Gasteiger partial charge in [-0.2, -0.15) is 0 Å². The fourth-order valence-corrected chi connectivity index (χ4v) is 9.57. The van der Waals surface area contributed by atoms with E-state index in [4.69, 9.17) is 11.5 Å². The number of nitrogen functional groups attached to an aromatic ring is 2. The Morgan fingerprint density at radius 2 is 1.07 bits per heavy atom. The van der Waals surface area contributed by atoms with E-state index in [0.29, 0.717) is 62.1 Å². The predicted octanol–water partition coefficient (Wildman–Crippen LogP) is 5.14. The zero-order chi connectivity index (χ0) is 40.2. The number of nitrogens with one attached hydrogen (secondary N) is 2. The Hall–Kier alpha value is -3.12. The van der Waals surface area contributed by atoms with E-state index in [2.05, 4.69) is 26.9 Å². The molecule has 2 aliphatic heterocycles. The molecule has 1 radical (unpaired) electrons. The molecule has 6 N–H and O–H groups in total. The molecule has 0 atom stereocenters. The fourth-order valence-electron chi connectivity index (χ4n) is 5.86. The summed E-state index contributed by atoms with van der Waals surface area (Å²) in [6, 6.07) is 6.24. The van der Waals surface area contributed by atoms with E-state index in [0.717, 1.165) is 46.9 Å². The van der Waals surface area contributed by atoms with Crippen LogP contribution >= 0.6 is 22.7 Å². The van der Waals surface area contributed by atoms with Gasteiger partial charge >= 0.3 is 0 Å². The normalized spacial score (nSPS) is 15.8. The molecule has 4 aromatic rings. The number of carbonyl (C=O) groups is 2. The number of anilines is 4. The van der Waals surface area contributed by atoms with Gasteiger partial charge in [0.2, 0.25) is 21.6 Å². The second-order valence-corrected chi connectivity index (χ2v) is 18.4. The molecule has 6 rings (SSSR count). The number of thiazole rings is 2. The molecule has 0 aliphatic carbocycles. The van der Waals surface area contributed by atoms with Gasteiger partial charge in [-0.3, -0.25) is 9.59 Å². The van der Waals surface area contributed by atoms with E-state index in [9.17, 15) is 44.0 Å². The summed E-state index contributed by atoms with van der Waals surface area (Å²) < 4.78 is 105. The van der Waals surface area contributed by atoms with Crippen LogP contribution in [0.15, 0.2) is 36.4 Å². The second-order valence-electron chi connectivity index (χ2n) is 12.5. The Kier molecular flexibility index (Phi) is 17.1. The number of ketones is 2. The van der Waals surface area contributed by atoms with Crippen LogP contribution in [0.5, 0.6) is 0 Å². The monoisotopic (exact) mass is 949 g/mol. The molecule has 4 heterocycles. The number of rotatable bonds is 11. The molecule has 14 nitrogen and oxygen atoms in total. The zero-order valence-electron chi connectivity index (χ0n) is 30.8. The predicted molar refractivity (Wildman–Crippen MR) is 209 cm³/mol. The maximum Gasteiger partial charge on any atom is 0.213 e. The first-order valence-electron chi connectivity index (χ1n) is 16.7. The summed E-state index contributed by atoms with van der Waals surface area (Å²) in [6.45, 7) is 3.02. The Morgan fingerprint density at radius 1 is 0.737 bits per heavy atom. The zero-order valence-corrected chi connectivity index (χ0v) is 36.9. The first-order chi connectivity index (χ1) is 25.9. The summed E-state index contributed by atoms with van der Waals surface area (Å²) in [6.07, 6.45) is 5.33. The van der Waals surface area contributed by atoms with Crippen molar-refractivity contribution in [2.75, 3.05) is 54.0 Å². The third-order valence-electron chi connectivity index (χ3n) is 8.81. The minimum absolute atomic E-state index is 0. The number of hydrogen-bond acceptors (Lipinski definition) is 14. The average Bonchev–Trinajstić information content (AvgIpc) is 3.68. The van der Waals surface area contributed by atoms with Crippen LogP contribution in [0.3, 0.4) is 0 Å². The number of benzene rings is 2. The summed E-state index contributed by atoms with van der Waals surface area (Å²) in [7, 11) is -6.68. The van der Waals surface area contributed by atoms with Crippen molar-refractivity contribution >= 4 is 76.2 Å². The van der Waals surface area contributed by atoms with E-state index in [1.807, 2.05) is 0 Å². The van der Waals surface area contributed by atoms with Crippen LogP contribution in [0.2, 0.25) is 0 Å². The molecule has 23 heteroatoms. The van der Waals surface area contributed by atoms with Crippen LogP contribution in [0.1, 0.15) is 63.1 Å². The first kappa shape index (κ1) is 48.3. The van der Waals surface area contributed by atoms with Crippen LogP contribution < -0.4 is 22.1 Å². The van der Waals surface area contributed by atoms with Crippen molar-refractivity contribution < 1.29 is 76.7 Å². The molecule has 309 valence electrons. The van der Waals surface area contributed by atoms with Crippen LogP contribution in [0.25, 0.3) is 0 Å². The van der Waals surface area contributed by atoms with Gasteiger partial charge in [-0.15, -0.1) is 0 Å². The minimum atomic E-state index is -3.47. The Morgan fingerprint density at radius 3 is 1.39 bits per heavy atom. The van der Waals surface area contributed by atoms with Gasteiger partial charge in [0.05, 0.1) is 26.9 Å². The number of aromatic nitrogens is 2. The number of nitrogens with zero attached hydrogens (tertiary/aromatic N) is 4. The summed E-state index contributed by atoms with van der Waals surface area (Å²) >= 11 is 1.83. The third-order valence-corrected chi connectivity index (χ3v) is 13.8. The molecular weight excluding hydrogens is 910 g/mol. The van der Waals surface area contributed by atoms with Gasteiger partial charge < -0.3 is 29.5 Å². The van der Waals surface area contributed by atoms with Crippen LogP contribution in [-0.2, 0) is 52.8 Å². The van der Waals surface area contributed by atoms with E-state index in [1.165, 1.54) is 20.7 Å². The largest absolute Gasteiger partial charge is 0.382 e. The summed E-state index contributed by atoms with van der Waals surface area (Å²) in [5.41, 5.74) is 10.2. The van der Waals surface area contributed by atoms with Gasteiger partial charge in [0.25, 0.3) is 0 Å². The summed E-state index contributed by atoms with van der Waals surface area (Å²) in [5, 5.41) is 6.92. The van der Waals surface area contributed by atoms with E-state index < -0.39 is 66.0 Å². The smallest absolute Gasteiger partial charge is 0.213 e. The maximum absolute atomic E-state index is 13.9. The Labute approximate surface area is 361 Å². The molecular formula is C34H40F4N8O6S4Y-2. The van der Waals surface area contributed by atoms with Gasteiger partial charge in [-0.25, -0.2) is 59.2 Å².